The van der Waals surface area contributed by atoms with Crippen molar-refractivity contribution in [2.45, 2.75) is 52.1 Å². The molecule has 1 fully saturated rings. The molecule has 5 nitrogen and oxygen atoms in total. The molecule has 2 N–H and O–H groups in total. The molecule has 0 saturated heterocycles. The van der Waals surface area contributed by atoms with Gasteiger partial charge in [0.25, 0.3) is 0 Å². The van der Waals surface area contributed by atoms with Crippen LogP contribution >= 0.6 is 0 Å². The van der Waals surface area contributed by atoms with E-state index in [-0.39, 0.29) is 36.5 Å². The summed E-state index contributed by atoms with van der Waals surface area (Å²) in [6, 6.07) is 0.254. The van der Waals surface area contributed by atoms with Crippen molar-refractivity contribution in [2.24, 2.45) is 5.92 Å². The first-order valence-corrected chi connectivity index (χ1v) is 6.96. The topological polar surface area (TPSA) is 61.4 Å². The van der Waals surface area contributed by atoms with Gasteiger partial charge in [0.05, 0.1) is 13.1 Å². The quantitative estimate of drug-likeness (QED) is 0.748. The zero-order valence-electron chi connectivity index (χ0n) is 12.7. The van der Waals surface area contributed by atoms with E-state index in [0.29, 0.717) is 5.92 Å². The van der Waals surface area contributed by atoms with Gasteiger partial charge >= 0.3 is 0 Å². The zero-order chi connectivity index (χ0) is 14.6. The lowest BCUT2D eigenvalue weighted by Gasteiger charge is -2.23. The van der Waals surface area contributed by atoms with Crippen LogP contribution in [-0.2, 0) is 9.59 Å². The molecule has 0 aliphatic heterocycles. The van der Waals surface area contributed by atoms with Crippen LogP contribution in [0.5, 0.6) is 0 Å². The molecular weight excluding hydrogens is 242 g/mol. The van der Waals surface area contributed by atoms with Crippen LogP contribution in [-0.4, -0.2) is 48.4 Å². The minimum atomic E-state index is -0.235. The van der Waals surface area contributed by atoms with Crippen LogP contribution in [0.2, 0.25) is 0 Å². The molecule has 1 atom stereocenters. The number of amides is 2. The molecule has 0 radical (unpaired) electrons. The maximum absolute atomic E-state index is 11.8. The Hall–Kier alpha value is -1.10. The summed E-state index contributed by atoms with van der Waals surface area (Å²) >= 11 is 0. The third kappa shape index (κ3) is 7.15. The second-order valence-corrected chi connectivity index (χ2v) is 6.66. The molecule has 0 aromatic carbocycles. The molecule has 1 aliphatic rings. The molecule has 5 heteroatoms. The van der Waals surface area contributed by atoms with Crippen molar-refractivity contribution < 1.29 is 9.59 Å². The van der Waals surface area contributed by atoms with Crippen molar-refractivity contribution in [3.63, 3.8) is 0 Å². The maximum atomic E-state index is 11.8. The van der Waals surface area contributed by atoms with Crippen molar-refractivity contribution in [1.29, 1.82) is 0 Å². The Balaban J connectivity index is 2.23. The molecule has 0 unspecified atom stereocenters. The number of nitrogens with one attached hydrogen (secondary N) is 2. The molecule has 110 valence electrons. The number of hydrogen-bond donors (Lipinski definition) is 2. The fourth-order valence-corrected chi connectivity index (χ4v) is 2.02. The van der Waals surface area contributed by atoms with Crippen LogP contribution in [0.3, 0.4) is 0 Å². The first-order chi connectivity index (χ1) is 8.67. The van der Waals surface area contributed by atoms with E-state index in [4.69, 9.17) is 0 Å². The summed E-state index contributed by atoms with van der Waals surface area (Å²) < 4.78 is 0. The van der Waals surface area contributed by atoms with Gasteiger partial charge in [-0.3, -0.25) is 14.5 Å². The Bertz CT molecular complexity index is 332. The summed E-state index contributed by atoms with van der Waals surface area (Å²) in [4.78, 5) is 25.2. The van der Waals surface area contributed by atoms with E-state index in [2.05, 4.69) is 10.6 Å². The third-order valence-electron chi connectivity index (χ3n) is 3.06. The van der Waals surface area contributed by atoms with E-state index in [9.17, 15) is 9.59 Å². The Kier molecular flexibility index (Phi) is 5.35. The average Bonchev–Trinajstić information content (AvgIpc) is 2.94. The molecule has 1 aliphatic carbocycles. The van der Waals surface area contributed by atoms with Crippen molar-refractivity contribution in [1.82, 2.24) is 15.5 Å². The first-order valence-electron chi connectivity index (χ1n) is 6.96. The van der Waals surface area contributed by atoms with E-state index < -0.39 is 0 Å². The van der Waals surface area contributed by atoms with Crippen LogP contribution < -0.4 is 10.6 Å². The van der Waals surface area contributed by atoms with Crippen LogP contribution in [0.1, 0.15) is 40.5 Å². The highest BCUT2D eigenvalue weighted by Gasteiger charge is 2.29. The third-order valence-corrected chi connectivity index (χ3v) is 3.06. The SMILES string of the molecule is C[C@H](NC(=O)CN(C)CC(=O)NC(C)(C)C)C1CC1. The molecule has 0 bridgehead atoms. The molecule has 0 aromatic rings. The Labute approximate surface area is 116 Å². The summed E-state index contributed by atoms with van der Waals surface area (Å²) in [6.45, 7) is 8.36. The monoisotopic (exact) mass is 269 g/mol. The normalized spacial score (nSPS) is 17.2. The van der Waals surface area contributed by atoms with Gasteiger partial charge < -0.3 is 10.6 Å². The highest BCUT2D eigenvalue weighted by Crippen LogP contribution is 2.32. The minimum absolute atomic E-state index is 0.00883. The van der Waals surface area contributed by atoms with Gasteiger partial charge in [-0.2, -0.15) is 0 Å². The van der Waals surface area contributed by atoms with Crippen LogP contribution in [0, 0.1) is 5.92 Å². The lowest BCUT2D eigenvalue weighted by Crippen LogP contribution is -2.47. The van der Waals surface area contributed by atoms with Gasteiger partial charge in [-0.1, -0.05) is 0 Å². The fraction of sp³-hybridized carbons (Fsp3) is 0.857. The van der Waals surface area contributed by atoms with Crippen LogP contribution in [0.15, 0.2) is 0 Å². The predicted octanol–water partition coefficient (Wildman–Crippen LogP) is 0.748. The second-order valence-electron chi connectivity index (χ2n) is 6.66. The van der Waals surface area contributed by atoms with Gasteiger partial charge in [0.2, 0.25) is 11.8 Å². The summed E-state index contributed by atoms with van der Waals surface area (Å²) in [5, 5.41) is 5.86. The van der Waals surface area contributed by atoms with E-state index in [1.165, 1.54) is 12.8 Å². The van der Waals surface area contributed by atoms with Gasteiger partial charge in [-0.25, -0.2) is 0 Å². The molecule has 0 spiro atoms. The highest BCUT2D eigenvalue weighted by molar-refractivity contribution is 5.81. The number of likely N-dealkylation sites (N-methyl/N-ethyl adjacent to an activating group) is 1. The van der Waals surface area contributed by atoms with Crippen LogP contribution in [0.4, 0.5) is 0 Å². The predicted molar refractivity (Wildman–Crippen MR) is 75.7 cm³/mol. The average molecular weight is 269 g/mol. The van der Waals surface area contributed by atoms with Gasteiger partial charge in [0.1, 0.15) is 0 Å². The number of nitrogens with zero attached hydrogens (tertiary/aromatic N) is 1. The van der Waals surface area contributed by atoms with E-state index in [1.54, 1.807) is 11.9 Å². The number of rotatable bonds is 6. The Morgan fingerprint density at radius 1 is 1.21 bits per heavy atom. The summed E-state index contributed by atoms with van der Waals surface area (Å²) in [7, 11) is 1.78. The van der Waals surface area contributed by atoms with Gasteiger partial charge in [0.15, 0.2) is 0 Å². The van der Waals surface area contributed by atoms with Crippen molar-refractivity contribution in [3.05, 3.63) is 0 Å². The van der Waals surface area contributed by atoms with Gasteiger partial charge in [0, 0.05) is 11.6 Å². The number of carbonyl (C=O) groups excluding carboxylic acids is 2. The molecule has 19 heavy (non-hydrogen) atoms. The Morgan fingerprint density at radius 2 is 1.74 bits per heavy atom. The first kappa shape index (κ1) is 16.0. The standard InChI is InChI=1S/C14H27N3O2/c1-10(11-6-7-11)15-12(18)8-17(5)9-13(19)16-14(2,3)4/h10-11H,6-9H2,1-5H3,(H,15,18)(H,16,19)/t10-/m0/s1. The second kappa shape index (κ2) is 6.37. The van der Waals surface area contributed by atoms with Crippen LogP contribution in [0.25, 0.3) is 0 Å². The molecule has 1 saturated carbocycles. The molecule has 1 rings (SSSR count). The van der Waals surface area contributed by atoms with E-state index in [1.807, 2.05) is 27.7 Å². The number of hydrogen-bond acceptors (Lipinski definition) is 3. The number of carbonyl (C=O) groups is 2. The smallest absolute Gasteiger partial charge is 0.234 e. The molecule has 0 heterocycles. The largest absolute Gasteiger partial charge is 0.352 e. The summed E-state index contributed by atoms with van der Waals surface area (Å²) in [5.74, 6) is 0.585. The van der Waals surface area contributed by atoms with Crippen molar-refractivity contribution in [3.8, 4) is 0 Å². The summed E-state index contributed by atoms with van der Waals surface area (Å²) in [6.07, 6.45) is 2.43. The lowest BCUT2D eigenvalue weighted by molar-refractivity contribution is -0.125. The van der Waals surface area contributed by atoms with Crippen molar-refractivity contribution >= 4 is 11.8 Å². The lowest BCUT2D eigenvalue weighted by atomic mass is 10.1. The fourth-order valence-electron chi connectivity index (χ4n) is 2.02. The van der Waals surface area contributed by atoms with Gasteiger partial charge in [-0.05, 0) is 53.5 Å². The van der Waals surface area contributed by atoms with E-state index >= 15 is 0 Å². The van der Waals surface area contributed by atoms with Crippen molar-refractivity contribution in [2.75, 3.05) is 20.1 Å². The highest BCUT2D eigenvalue weighted by atomic mass is 16.2. The maximum Gasteiger partial charge on any atom is 0.234 e. The zero-order valence-corrected chi connectivity index (χ0v) is 12.7. The minimum Gasteiger partial charge on any atom is -0.352 e. The van der Waals surface area contributed by atoms with E-state index in [0.717, 1.165) is 0 Å². The Morgan fingerprint density at radius 3 is 2.21 bits per heavy atom. The summed E-state index contributed by atoms with van der Waals surface area (Å²) in [5.41, 5.74) is -0.235. The molecule has 2 amide bonds. The van der Waals surface area contributed by atoms with Gasteiger partial charge in [-0.15, -0.1) is 0 Å². The molecular formula is C14H27N3O2. The molecule has 0 aromatic heterocycles.